The maximum Gasteiger partial charge on any atom is 0.0491 e. The highest BCUT2D eigenvalue weighted by atomic mass is 14.7. The summed E-state index contributed by atoms with van der Waals surface area (Å²) in [6.07, 6.45) is 6.80. The highest BCUT2D eigenvalue weighted by Gasteiger charge is 2.12. The van der Waals surface area contributed by atoms with Crippen molar-refractivity contribution < 1.29 is 0 Å². The third kappa shape index (κ3) is 0.955. The molecule has 0 aliphatic heterocycles. The molecule has 0 unspecified atom stereocenters. The van der Waals surface area contributed by atoms with Gasteiger partial charge < -0.3 is 4.98 Å². The summed E-state index contributed by atoms with van der Waals surface area (Å²) in [6, 6.07) is 6.52. The van der Waals surface area contributed by atoms with Crippen LogP contribution in [-0.2, 0) is 6.42 Å². The first kappa shape index (κ1) is 7.86. The summed E-state index contributed by atoms with van der Waals surface area (Å²) in [5.41, 5.74) is 5.45. The van der Waals surface area contributed by atoms with E-state index >= 15 is 0 Å². The third-order valence-electron chi connectivity index (χ3n) is 3.03. The lowest BCUT2D eigenvalue weighted by Crippen LogP contribution is -1.89. The second-order valence-corrected chi connectivity index (χ2v) is 3.96. The third-order valence-corrected chi connectivity index (χ3v) is 3.03. The van der Waals surface area contributed by atoms with E-state index in [0.717, 1.165) is 0 Å². The van der Waals surface area contributed by atoms with Crippen LogP contribution in [0.25, 0.3) is 17.0 Å². The van der Waals surface area contributed by atoms with Crippen LogP contribution >= 0.6 is 0 Å². The normalized spacial score (nSPS) is 14.6. The van der Waals surface area contributed by atoms with Gasteiger partial charge in [0.05, 0.1) is 0 Å². The fourth-order valence-corrected chi connectivity index (χ4v) is 2.28. The maximum atomic E-state index is 3.50. The summed E-state index contributed by atoms with van der Waals surface area (Å²) < 4.78 is 0. The van der Waals surface area contributed by atoms with Gasteiger partial charge in [0.1, 0.15) is 0 Å². The van der Waals surface area contributed by atoms with Gasteiger partial charge in [-0.1, -0.05) is 24.3 Å². The van der Waals surface area contributed by atoms with Gasteiger partial charge in [-0.2, -0.15) is 0 Å². The molecular formula is C13H13N. The summed E-state index contributed by atoms with van der Waals surface area (Å²) in [5.74, 6) is 0. The zero-order valence-corrected chi connectivity index (χ0v) is 8.30. The van der Waals surface area contributed by atoms with Gasteiger partial charge in [-0.05, 0) is 37.0 Å². The predicted molar refractivity (Wildman–Crippen MR) is 60.4 cm³/mol. The van der Waals surface area contributed by atoms with Gasteiger partial charge >= 0.3 is 0 Å². The van der Waals surface area contributed by atoms with Crippen LogP contribution in [0.15, 0.2) is 24.3 Å². The Hall–Kier alpha value is -1.50. The van der Waals surface area contributed by atoms with Gasteiger partial charge in [-0.25, -0.2) is 0 Å². The predicted octanol–water partition coefficient (Wildman–Crippen LogP) is 3.44. The summed E-state index contributed by atoms with van der Waals surface area (Å²) in [7, 11) is 0. The average Bonchev–Trinajstić information content (AvgIpc) is 2.59. The minimum absolute atomic E-state index is 1.17. The van der Waals surface area contributed by atoms with Gasteiger partial charge in [0.25, 0.3) is 0 Å². The molecule has 1 aromatic carbocycles. The lowest BCUT2D eigenvalue weighted by molar-refractivity contribution is 0.992. The molecule has 0 spiro atoms. The quantitative estimate of drug-likeness (QED) is 0.644. The van der Waals surface area contributed by atoms with E-state index in [2.05, 4.69) is 42.3 Å². The van der Waals surface area contributed by atoms with E-state index in [1.54, 1.807) is 0 Å². The molecule has 3 rings (SSSR count). The average molecular weight is 183 g/mol. The summed E-state index contributed by atoms with van der Waals surface area (Å²) >= 11 is 0. The number of fused-ring (bicyclic) bond motifs is 3. The first-order valence-electron chi connectivity index (χ1n) is 5.13. The van der Waals surface area contributed by atoms with Gasteiger partial charge in [-0.3, -0.25) is 0 Å². The van der Waals surface area contributed by atoms with Crippen LogP contribution in [0.1, 0.15) is 23.2 Å². The molecule has 1 heteroatoms. The standard InChI is InChI=1S/C13H13N/c1-9-5-4-7-11-10-6-2-3-8-12(10)14-13(9)11/h3-5,7-8,14H,2,6H2,1H3. The molecule has 0 bridgehead atoms. The van der Waals surface area contributed by atoms with Gasteiger partial charge in [0, 0.05) is 16.6 Å². The smallest absolute Gasteiger partial charge is 0.0491 e. The Balaban J connectivity index is 2.43. The molecule has 0 saturated carbocycles. The number of allylic oxidation sites excluding steroid dienone is 1. The highest BCUT2D eigenvalue weighted by molar-refractivity contribution is 5.89. The molecule has 70 valence electrons. The molecule has 0 amide bonds. The Bertz CT molecular complexity index is 517. The molecule has 1 heterocycles. The molecule has 1 nitrogen and oxygen atoms in total. The van der Waals surface area contributed by atoms with Crippen molar-refractivity contribution in [3.05, 3.63) is 41.1 Å². The lowest BCUT2D eigenvalue weighted by atomic mass is 10.0. The summed E-state index contributed by atoms with van der Waals surface area (Å²) in [5, 5.41) is 1.41. The van der Waals surface area contributed by atoms with Crippen molar-refractivity contribution in [2.24, 2.45) is 0 Å². The van der Waals surface area contributed by atoms with E-state index in [1.165, 1.54) is 40.6 Å². The van der Waals surface area contributed by atoms with Gasteiger partial charge in [0.15, 0.2) is 0 Å². The van der Waals surface area contributed by atoms with Crippen molar-refractivity contribution in [1.82, 2.24) is 4.98 Å². The second kappa shape index (κ2) is 2.74. The van der Waals surface area contributed by atoms with E-state index < -0.39 is 0 Å². The van der Waals surface area contributed by atoms with Crippen LogP contribution in [0.4, 0.5) is 0 Å². The molecule has 1 N–H and O–H groups in total. The first-order valence-corrected chi connectivity index (χ1v) is 5.13. The number of hydrogen-bond donors (Lipinski definition) is 1. The Morgan fingerprint density at radius 3 is 3.14 bits per heavy atom. The van der Waals surface area contributed by atoms with Crippen molar-refractivity contribution in [2.75, 3.05) is 0 Å². The molecule has 1 aliphatic rings. The van der Waals surface area contributed by atoms with Crippen LogP contribution in [-0.4, -0.2) is 4.98 Å². The Labute approximate surface area is 83.5 Å². The van der Waals surface area contributed by atoms with Crippen LogP contribution in [0, 0.1) is 6.92 Å². The van der Waals surface area contributed by atoms with E-state index in [4.69, 9.17) is 0 Å². The topological polar surface area (TPSA) is 15.8 Å². The number of benzene rings is 1. The molecule has 14 heavy (non-hydrogen) atoms. The second-order valence-electron chi connectivity index (χ2n) is 3.96. The highest BCUT2D eigenvalue weighted by Crippen LogP contribution is 2.29. The van der Waals surface area contributed by atoms with Crippen molar-refractivity contribution in [3.63, 3.8) is 0 Å². The van der Waals surface area contributed by atoms with Crippen molar-refractivity contribution in [3.8, 4) is 0 Å². The minimum Gasteiger partial charge on any atom is -0.355 e. The molecule has 1 aromatic heterocycles. The molecule has 0 saturated heterocycles. The molecule has 2 aromatic rings. The monoisotopic (exact) mass is 183 g/mol. The number of aromatic amines is 1. The number of rotatable bonds is 0. The van der Waals surface area contributed by atoms with Crippen LogP contribution < -0.4 is 0 Å². The number of para-hydroxylation sites is 1. The number of H-pyrrole nitrogens is 1. The number of aromatic nitrogens is 1. The molecular weight excluding hydrogens is 170 g/mol. The first-order chi connectivity index (χ1) is 6.86. The van der Waals surface area contributed by atoms with Gasteiger partial charge in [-0.15, -0.1) is 0 Å². The Kier molecular flexibility index (Phi) is 1.54. The molecule has 0 atom stereocenters. The van der Waals surface area contributed by atoms with Crippen LogP contribution in [0.5, 0.6) is 0 Å². The lowest BCUT2D eigenvalue weighted by Gasteiger charge is -2.03. The van der Waals surface area contributed by atoms with Crippen molar-refractivity contribution in [1.29, 1.82) is 0 Å². The van der Waals surface area contributed by atoms with Crippen LogP contribution in [0.3, 0.4) is 0 Å². The van der Waals surface area contributed by atoms with Gasteiger partial charge in [0.2, 0.25) is 0 Å². The summed E-state index contributed by atoms with van der Waals surface area (Å²) in [4.78, 5) is 3.50. The fourth-order valence-electron chi connectivity index (χ4n) is 2.28. The van der Waals surface area contributed by atoms with E-state index in [9.17, 15) is 0 Å². The minimum atomic E-state index is 1.17. The maximum absolute atomic E-state index is 3.50. The molecule has 0 fully saturated rings. The van der Waals surface area contributed by atoms with E-state index in [1.807, 2.05) is 0 Å². The SMILES string of the molecule is Cc1cccc2c3c([nH]c12)C=CCC3. The number of hydrogen-bond acceptors (Lipinski definition) is 0. The zero-order chi connectivity index (χ0) is 9.54. The largest absolute Gasteiger partial charge is 0.355 e. The zero-order valence-electron chi connectivity index (χ0n) is 8.30. The van der Waals surface area contributed by atoms with Crippen molar-refractivity contribution >= 4 is 17.0 Å². The number of aryl methyl sites for hydroxylation is 2. The van der Waals surface area contributed by atoms with E-state index in [0.29, 0.717) is 0 Å². The van der Waals surface area contributed by atoms with E-state index in [-0.39, 0.29) is 0 Å². The molecule has 0 radical (unpaired) electrons. The fraction of sp³-hybridized carbons (Fsp3) is 0.231. The van der Waals surface area contributed by atoms with Crippen molar-refractivity contribution in [2.45, 2.75) is 19.8 Å². The van der Waals surface area contributed by atoms with Crippen LogP contribution in [0.2, 0.25) is 0 Å². The summed E-state index contributed by atoms with van der Waals surface area (Å²) in [6.45, 7) is 2.16. The number of nitrogens with one attached hydrogen (secondary N) is 1. The Morgan fingerprint density at radius 1 is 1.29 bits per heavy atom. The Morgan fingerprint density at radius 2 is 2.21 bits per heavy atom. The molecule has 1 aliphatic carbocycles.